The number of carboxylic acids is 3. The van der Waals surface area contributed by atoms with Gasteiger partial charge in [-0.2, -0.15) is 0 Å². The molecule has 0 saturated carbocycles. The summed E-state index contributed by atoms with van der Waals surface area (Å²) in [5.74, 6) is -2.50. The summed E-state index contributed by atoms with van der Waals surface area (Å²) >= 11 is 0. The molecule has 0 radical (unpaired) electrons. The van der Waals surface area contributed by atoms with Crippen molar-refractivity contribution in [1.29, 1.82) is 0 Å². The van der Waals surface area contributed by atoms with E-state index in [1.165, 1.54) is 0 Å². The first-order valence-electron chi connectivity index (χ1n) is 4.44. The quantitative estimate of drug-likeness (QED) is 0.332. The van der Waals surface area contributed by atoms with Crippen LogP contribution >= 0.6 is 0 Å². The molecule has 0 aliphatic rings. The Morgan fingerprint density at radius 2 is 0.833 bits per heavy atom. The fraction of sp³-hybridized carbons (Fsp3) is 0.500. The average Bonchev–Trinajstić information content (AvgIpc) is 1.99. The second-order valence-corrected chi connectivity index (χ2v) is 2.78. The van der Waals surface area contributed by atoms with Crippen LogP contribution in [-0.4, -0.2) is 49.7 Å². The molecule has 0 aromatic rings. The minimum Gasteiger partial charge on any atom is -0.481 e. The molecule has 8 heteroatoms. The molecule has 0 fully saturated rings. The van der Waals surface area contributed by atoms with E-state index in [-0.39, 0.29) is 0 Å². The fourth-order valence-electron chi connectivity index (χ4n) is 0. The first kappa shape index (κ1) is 25.1. The number of hydrogen-bond acceptors (Lipinski definition) is 5. The molecule has 0 heterocycles. The third-order valence-electron chi connectivity index (χ3n) is 0.441. The lowest BCUT2D eigenvalue weighted by Crippen LogP contribution is -2.03. The molecule has 5 N–H and O–H groups in total. The summed E-state index contributed by atoms with van der Waals surface area (Å²) in [6, 6.07) is 0. The van der Waals surface area contributed by atoms with Crippen molar-refractivity contribution in [1.82, 2.24) is 0 Å². The van der Waals surface area contributed by atoms with E-state index in [2.05, 4.69) is 6.58 Å². The Bertz CT molecular complexity index is 216. The van der Waals surface area contributed by atoms with Crippen LogP contribution in [0.15, 0.2) is 12.2 Å². The van der Waals surface area contributed by atoms with Gasteiger partial charge in [0, 0.05) is 20.8 Å². The molecule has 0 rings (SSSR count). The highest BCUT2D eigenvalue weighted by molar-refractivity contribution is 5.63. The highest BCUT2D eigenvalue weighted by Crippen LogP contribution is 1.88. The van der Waals surface area contributed by atoms with E-state index in [9.17, 15) is 0 Å². The van der Waals surface area contributed by atoms with Crippen molar-refractivity contribution in [3.63, 3.8) is 0 Å². The van der Waals surface area contributed by atoms with Crippen LogP contribution in [0.2, 0.25) is 0 Å². The van der Waals surface area contributed by atoms with E-state index in [0.29, 0.717) is 5.57 Å². The van der Waals surface area contributed by atoms with E-state index in [1.54, 1.807) is 6.92 Å². The second-order valence-electron chi connectivity index (χ2n) is 2.78. The lowest BCUT2D eigenvalue weighted by molar-refractivity contribution is -0.135. The number of aliphatic hydroxyl groups excluding tert-OH is 1. The first-order chi connectivity index (χ1) is 7.84. The molecule has 0 aliphatic heterocycles. The van der Waals surface area contributed by atoms with Gasteiger partial charge in [-0.05, 0) is 12.5 Å². The van der Waals surface area contributed by atoms with Crippen molar-refractivity contribution in [2.75, 3.05) is 0 Å². The van der Waals surface area contributed by atoms with E-state index in [0.717, 1.165) is 20.8 Å². The normalized spacial score (nSPS) is 7.28. The summed E-state index contributed by atoms with van der Waals surface area (Å²) in [5, 5.41) is 38.4. The van der Waals surface area contributed by atoms with Crippen LogP contribution in [0.5, 0.6) is 0 Å². The molecule has 8 nitrogen and oxygen atoms in total. The predicted molar refractivity (Wildman–Crippen MR) is 63.0 cm³/mol. The van der Waals surface area contributed by atoms with Crippen LogP contribution in [-0.2, 0) is 14.4 Å². The van der Waals surface area contributed by atoms with Gasteiger partial charge in [0.2, 0.25) is 0 Å². The largest absolute Gasteiger partial charge is 0.481 e. The number of rotatable bonds is 1. The minimum absolute atomic E-state index is 0.370. The molecule has 0 saturated heterocycles. The Hall–Kier alpha value is -1.93. The van der Waals surface area contributed by atoms with Crippen LogP contribution in [0, 0.1) is 0 Å². The molecule has 0 bridgehead atoms. The Kier molecular flexibility index (Phi) is 24.3. The van der Waals surface area contributed by atoms with Gasteiger partial charge < -0.3 is 25.5 Å². The summed E-state index contributed by atoms with van der Waals surface area (Å²) in [4.78, 5) is 27.0. The topological polar surface area (TPSA) is 152 Å². The molecule has 0 atom stereocenters. The fourth-order valence-corrected chi connectivity index (χ4v) is 0. The number of hydrogen-bond donors (Lipinski definition) is 5. The predicted octanol–water partition coefficient (Wildman–Crippen LogP) is 0.146. The average molecular weight is 268 g/mol. The standard InChI is InChI=1S/C4H8O2.3C2H4O2/c1-3(2)4(5)6;3*1-2(3)4/h4-6H,1H2,2H3;3*1H3,(H,3,4). The van der Waals surface area contributed by atoms with Gasteiger partial charge in [0.25, 0.3) is 17.9 Å². The van der Waals surface area contributed by atoms with Gasteiger partial charge in [-0.25, -0.2) is 0 Å². The number of aliphatic carboxylic acids is 3. The third kappa shape index (κ3) is 561. The first-order valence-corrected chi connectivity index (χ1v) is 4.44. The Labute approximate surface area is 105 Å². The summed E-state index contributed by atoms with van der Waals surface area (Å²) in [5.41, 5.74) is 0.370. The Morgan fingerprint density at radius 3 is 0.833 bits per heavy atom. The van der Waals surface area contributed by atoms with Crippen LogP contribution in [0.25, 0.3) is 0 Å². The van der Waals surface area contributed by atoms with Crippen LogP contribution in [0.4, 0.5) is 0 Å². The van der Waals surface area contributed by atoms with Crippen molar-refractivity contribution in [2.24, 2.45) is 0 Å². The second kappa shape index (κ2) is 17.5. The maximum absolute atomic E-state index is 9.00. The van der Waals surface area contributed by atoms with Crippen molar-refractivity contribution in [3.8, 4) is 0 Å². The summed E-state index contributed by atoms with van der Waals surface area (Å²) < 4.78 is 0. The summed E-state index contributed by atoms with van der Waals surface area (Å²) in [7, 11) is 0. The molecule has 18 heavy (non-hydrogen) atoms. The van der Waals surface area contributed by atoms with Gasteiger partial charge in [-0.3, -0.25) is 14.4 Å². The Balaban J connectivity index is -0.0000000742. The van der Waals surface area contributed by atoms with E-state index in [1.807, 2.05) is 0 Å². The van der Waals surface area contributed by atoms with Gasteiger partial charge in [-0.1, -0.05) is 6.58 Å². The molecule has 0 aliphatic carbocycles. The van der Waals surface area contributed by atoms with Crippen molar-refractivity contribution < 1.29 is 39.9 Å². The maximum atomic E-state index is 9.00. The van der Waals surface area contributed by atoms with E-state index in [4.69, 9.17) is 39.9 Å². The van der Waals surface area contributed by atoms with Crippen molar-refractivity contribution >= 4 is 17.9 Å². The molecule has 0 unspecified atom stereocenters. The Morgan fingerprint density at radius 1 is 0.778 bits per heavy atom. The molecule has 0 aromatic carbocycles. The SMILES string of the molecule is C=C(C)C(O)O.CC(=O)O.CC(=O)O.CC(=O)O. The monoisotopic (exact) mass is 268 g/mol. The van der Waals surface area contributed by atoms with E-state index >= 15 is 0 Å². The van der Waals surface area contributed by atoms with Crippen LogP contribution < -0.4 is 0 Å². The zero-order valence-electron chi connectivity index (χ0n) is 10.7. The zero-order valence-corrected chi connectivity index (χ0v) is 10.7. The molecule has 0 amide bonds. The van der Waals surface area contributed by atoms with Gasteiger partial charge in [-0.15, -0.1) is 0 Å². The number of carbonyl (C=O) groups is 3. The van der Waals surface area contributed by atoms with Gasteiger partial charge in [0.1, 0.15) is 0 Å². The smallest absolute Gasteiger partial charge is 0.300 e. The van der Waals surface area contributed by atoms with E-state index < -0.39 is 24.2 Å². The van der Waals surface area contributed by atoms with Crippen molar-refractivity contribution in [2.45, 2.75) is 34.0 Å². The molecular formula is C10H20O8. The lowest BCUT2D eigenvalue weighted by Gasteiger charge is -1.96. The summed E-state index contributed by atoms with van der Waals surface area (Å²) in [6.07, 6.45) is -1.34. The van der Waals surface area contributed by atoms with Gasteiger partial charge in [0.15, 0.2) is 6.29 Å². The highest BCUT2D eigenvalue weighted by Gasteiger charge is 1.91. The maximum Gasteiger partial charge on any atom is 0.300 e. The molecule has 0 aromatic heterocycles. The number of aliphatic hydroxyl groups is 2. The molecular weight excluding hydrogens is 248 g/mol. The van der Waals surface area contributed by atoms with Crippen molar-refractivity contribution in [3.05, 3.63) is 12.2 Å². The summed E-state index contributed by atoms with van der Waals surface area (Å²) in [6.45, 7) is 8.05. The third-order valence-corrected chi connectivity index (χ3v) is 0.441. The van der Waals surface area contributed by atoms with Crippen LogP contribution in [0.1, 0.15) is 27.7 Å². The minimum atomic E-state index is -1.34. The van der Waals surface area contributed by atoms with Gasteiger partial charge >= 0.3 is 0 Å². The zero-order chi connectivity index (χ0) is 15.9. The van der Waals surface area contributed by atoms with Gasteiger partial charge in [0.05, 0.1) is 0 Å². The number of carboxylic acid groups (broad SMARTS) is 3. The van der Waals surface area contributed by atoms with Crippen LogP contribution in [0.3, 0.4) is 0 Å². The lowest BCUT2D eigenvalue weighted by atomic mass is 10.3. The molecule has 0 spiro atoms. The highest BCUT2D eigenvalue weighted by atomic mass is 16.5. The molecule has 108 valence electrons.